The van der Waals surface area contributed by atoms with E-state index >= 15 is 0 Å². The first-order chi connectivity index (χ1) is 13.2. The number of rotatable bonds is 7. The Bertz CT molecular complexity index is 810. The van der Waals surface area contributed by atoms with Crippen LogP contribution in [-0.4, -0.2) is 64.2 Å². The molecule has 2 aromatic heterocycles. The highest BCUT2D eigenvalue weighted by molar-refractivity contribution is 7.17. The molecule has 9 heteroatoms. The van der Waals surface area contributed by atoms with Gasteiger partial charge in [0.25, 0.3) is 5.91 Å². The number of hydrogen-bond donors (Lipinski definition) is 1. The minimum absolute atomic E-state index is 0.134. The van der Waals surface area contributed by atoms with Gasteiger partial charge in [0.05, 0.1) is 0 Å². The van der Waals surface area contributed by atoms with Crippen LogP contribution in [-0.2, 0) is 4.79 Å². The molecule has 2 aliphatic heterocycles. The summed E-state index contributed by atoms with van der Waals surface area (Å²) in [5.74, 6) is 0.0888. The average Bonchev–Trinajstić information content (AvgIpc) is 3.45. The van der Waals surface area contributed by atoms with Crippen LogP contribution in [0.5, 0.6) is 0 Å². The fourth-order valence-electron chi connectivity index (χ4n) is 3.58. The van der Waals surface area contributed by atoms with Crippen molar-refractivity contribution in [2.45, 2.75) is 32.1 Å². The first kappa shape index (κ1) is 18.0. The monoisotopic (exact) mass is 388 g/mol. The molecule has 1 N–H and O–H groups in total. The third-order valence-electron chi connectivity index (χ3n) is 5.03. The Morgan fingerprint density at radius 3 is 2.74 bits per heavy atom. The fourth-order valence-corrected chi connectivity index (χ4v) is 4.47. The summed E-state index contributed by atoms with van der Waals surface area (Å²) in [5, 5.41) is 13.1. The van der Waals surface area contributed by atoms with Gasteiger partial charge in [-0.15, -0.1) is 10.2 Å². The van der Waals surface area contributed by atoms with Crippen molar-refractivity contribution in [2.75, 3.05) is 37.6 Å². The van der Waals surface area contributed by atoms with E-state index in [0.29, 0.717) is 30.3 Å². The smallest absolute Gasteiger partial charge is 0.268 e. The Morgan fingerprint density at radius 2 is 1.96 bits per heavy atom. The summed E-state index contributed by atoms with van der Waals surface area (Å²) in [4.78, 5) is 28.3. The normalized spacial score (nSPS) is 17.1. The predicted molar refractivity (Wildman–Crippen MR) is 103 cm³/mol. The van der Waals surface area contributed by atoms with Gasteiger partial charge >= 0.3 is 0 Å². The first-order valence-electron chi connectivity index (χ1n) is 9.54. The van der Waals surface area contributed by atoms with Crippen LogP contribution in [0.2, 0.25) is 0 Å². The molecule has 0 atom stereocenters. The first-order valence-corrected chi connectivity index (χ1v) is 10.4. The van der Waals surface area contributed by atoms with Crippen molar-refractivity contribution in [1.82, 2.24) is 25.0 Å². The summed E-state index contributed by atoms with van der Waals surface area (Å²) in [5.41, 5.74) is 0.552. The third-order valence-corrected chi connectivity index (χ3v) is 6.01. The predicted octanol–water partition coefficient (Wildman–Crippen LogP) is 1.67. The Kier molecular flexibility index (Phi) is 5.38. The zero-order valence-electron chi connectivity index (χ0n) is 15.3. The molecule has 0 aromatic carbocycles. The molecule has 0 radical (unpaired) electrons. The van der Waals surface area contributed by atoms with E-state index in [1.54, 1.807) is 10.6 Å². The number of aromatic nitrogens is 3. The van der Waals surface area contributed by atoms with Crippen LogP contribution in [0, 0.1) is 0 Å². The van der Waals surface area contributed by atoms with E-state index in [-0.39, 0.29) is 11.8 Å². The summed E-state index contributed by atoms with van der Waals surface area (Å²) < 4.78 is 1.79. The Morgan fingerprint density at radius 1 is 1.15 bits per heavy atom. The highest BCUT2D eigenvalue weighted by atomic mass is 32.1. The highest BCUT2D eigenvalue weighted by Gasteiger charge is 2.21. The van der Waals surface area contributed by atoms with E-state index in [9.17, 15) is 9.59 Å². The molecular weight excluding hydrogens is 364 g/mol. The summed E-state index contributed by atoms with van der Waals surface area (Å²) in [6.07, 6.45) is 6.58. The molecule has 2 saturated heterocycles. The van der Waals surface area contributed by atoms with Gasteiger partial charge in [0.1, 0.15) is 5.69 Å². The lowest BCUT2D eigenvalue weighted by molar-refractivity contribution is -0.127. The molecule has 0 bridgehead atoms. The van der Waals surface area contributed by atoms with Gasteiger partial charge in [-0.1, -0.05) is 11.3 Å². The van der Waals surface area contributed by atoms with Crippen molar-refractivity contribution in [3.05, 3.63) is 24.0 Å². The quantitative estimate of drug-likeness (QED) is 0.730. The number of nitrogens with one attached hydrogen (secondary N) is 1. The molecule has 4 rings (SSSR count). The van der Waals surface area contributed by atoms with E-state index in [1.807, 2.05) is 17.2 Å². The van der Waals surface area contributed by atoms with Crippen molar-refractivity contribution in [3.8, 4) is 5.13 Å². The van der Waals surface area contributed by atoms with Crippen molar-refractivity contribution < 1.29 is 9.59 Å². The Hall–Kier alpha value is -2.42. The summed E-state index contributed by atoms with van der Waals surface area (Å²) >= 11 is 1.51. The van der Waals surface area contributed by atoms with Crippen LogP contribution in [0.1, 0.15) is 42.6 Å². The third kappa shape index (κ3) is 3.97. The number of likely N-dealkylation sites (tertiary alicyclic amines) is 1. The SMILES string of the molecule is O=C(NCCCN1CCCC1=O)c1cccn1-c1nnc(N2CCCC2)s1. The van der Waals surface area contributed by atoms with E-state index in [4.69, 9.17) is 0 Å². The van der Waals surface area contributed by atoms with E-state index < -0.39 is 0 Å². The number of carbonyl (C=O) groups excluding carboxylic acids is 2. The summed E-state index contributed by atoms with van der Waals surface area (Å²) in [6, 6.07) is 3.63. The van der Waals surface area contributed by atoms with Gasteiger partial charge in [0.15, 0.2) is 0 Å². The number of hydrogen-bond acceptors (Lipinski definition) is 6. The zero-order valence-corrected chi connectivity index (χ0v) is 16.1. The standard InChI is InChI=1S/C18H24N6O2S/c25-15-7-4-11-22(15)12-5-8-19-16(26)14-6-3-13-24(14)18-21-20-17(27-18)23-9-1-2-10-23/h3,6,13H,1-2,4-5,7-12H2,(H,19,26). The number of carbonyl (C=O) groups is 2. The highest BCUT2D eigenvalue weighted by Crippen LogP contribution is 2.27. The van der Waals surface area contributed by atoms with Gasteiger partial charge in [-0.05, 0) is 37.8 Å². The molecule has 2 fully saturated rings. The zero-order chi connectivity index (χ0) is 18.6. The van der Waals surface area contributed by atoms with E-state index in [2.05, 4.69) is 20.4 Å². The lowest BCUT2D eigenvalue weighted by atomic mass is 10.3. The molecule has 2 amide bonds. The van der Waals surface area contributed by atoms with Gasteiger partial charge < -0.3 is 15.1 Å². The maximum Gasteiger partial charge on any atom is 0.268 e. The minimum atomic E-state index is -0.134. The van der Waals surface area contributed by atoms with Crippen LogP contribution >= 0.6 is 11.3 Å². The van der Waals surface area contributed by atoms with Crippen LogP contribution in [0.4, 0.5) is 5.13 Å². The molecule has 2 aromatic rings. The molecule has 144 valence electrons. The van der Waals surface area contributed by atoms with Gasteiger partial charge in [-0.25, -0.2) is 0 Å². The van der Waals surface area contributed by atoms with Gasteiger partial charge in [0, 0.05) is 45.3 Å². The maximum atomic E-state index is 12.6. The van der Waals surface area contributed by atoms with E-state index in [1.165, 1.54) is 24.2 Å². The second-order valence-electron chi connectivity index (χ2n) is 6.92. The topological polar surface area (TPSA) is 83.4 Å². The maximum absolute atomic E-state index is 12.6. The molecule has 0 saturated carbocycles. The summed E-state index contributed by atoms with van der Waals surface area (Å²) in [6.45, 7) is 4.13. The number of anilines is 1. The van der Waals surface area contributed by atoms with Crippen LogP contribution in [0.3, 0.4) is 0 Å². The fraction of sp³-hybridized carbons (Fsp3) is 0.556. The second-order valence-corrected chi connectivity index (χ2v) is 7.85. The van der Waals surface area contributed by atoms with Crippen LogP contribution in [0.15, 0.2) is 18.3 Å². The van der Waals surface area contributed by atoms with Gasteiger partial charge in [-0.3, -0.25) is 14.2 Å². The largest absolute Gasteiger partial charge is 0.351 e. The van der Waals surface area contributed by atoms with Crippen LogP contribution < -0.4 is 10.2 Å². The Labute approximate surface area is 162 Å². The minimum Gasteiger partial charge on any atom is -0.351 e. The molecular formula is C18H24N6O2S. The van der Waals surface area contributed by atoms with Crippen molar-refractivity contribution in [2.24, 2.45) is 0 Å². The second kappa shape index (κ2) is 8.08. The molecule has 4 heterocycles. The van der Waals surface area contributed by atoms with Crippen molar-refractivity contribution in [1.29, 1.82) is 0 Å². The number of nitrogens with zero attached hydrogens (tertiary/aromatic N) is 5. The summed E-state index contributed by atoms with van der Waals surface area (Å²) in [7, 11) is 0. The average molecular weight is 388 g/mol. The molecule has 8 nitrogen and oxygen atoms in total. The van der Waals surface area contributed by atoms with E-state index in [0.717, 1.165) is 37.6 Å². The number of amides is 2. The molecule has 2 aliphatic rings. The molecule has 0 spiro atoms. The van der Waals surface area contributed by atoms with Crippen molar-refractivity contribution >= 4 is 28.3 Å². The van der Waals surface area contributed by atoms with Gasteiger partial charge in [0.2, 0.25) is 16.2 Å². The lowest BCUT2D eigenvalue weighted by Gasteiger charge is -2.15. The van der Waals surface area contributed by atoms with Crippen LogP contribution in [0.25, 0.3) is 5.13 Å². The molecule has 27 heavy (non-hydrogen) atoms. The van der Waals surface area contributed by atoms with Gasteiger partial charge in [-0.2, -0.15) is 0 Å². The molecule has 0 aliphatic carbocycles. The molecule has 0 unspecified atom stereocenters. The lowest BCUT2D eigenvalue weighted by Crippen LogP contribution is -2.31. The van der Waals surface area contributed by atoms with Crippen molar-refractivity contribution in [3.63, 3.8) is 0 Å². The Balaban J connectivity index is 1.33.